The van der Waals surface area contributed by atoms with Gasteiger partial charge in [0.15, 0.2) is 6.10 Å². The Morgan fingerprint density at radius 2 is 0.567 bits per heavy atom. The largest absolute Gasteiger partial charge is 0.462 e. The second-order valence-corrected chi connectivity index (χ2v) is 21.7. The van der Waals surface area contributed by atoms with Crippen LogP contribution in [0.3, 0.4) is 0 Å². The molecule has 398 valence electrons. The number of carbonyl (C=O) groups is 3. The van der Waals surface area contributed by atoms with E-state index in [1.54, 1.807) is 0 Å². The molecule has 0 saturated heterocycles. The molecule has 0 fully saturated rings. The van der Waals surface area contributed by atoms with Crippen molar-refractivity contribution in [3.63, 3.8) is 0 Å². The maximum Gasteiger partial charge on any atom is 0.306 e. The lowest BCUT2D eigenvalue weighted by Crippen LogP contribution is -2.30. The molecule has 2 atom stereocenters. The lowest BCUT2D eigenvalue weighted by molar-refractivity contribution is -0.167. The normalized spacial score (nSPS) is 12.4. The summed E-state index contributed by atoms with van der Waals surface area (Å²) in [6.07, 6.45) is 58.1. The van der Waals surface area contributed by atoms with Crippen molar-refractivity contribution in [1.29, 1.82) is 0 Å². The molecule has 0 aromatic rings. The Morgan fingerprint density at radius 3 is 0.851 bits per heavy atom. The van der Waals surface area contributed by atoms with Crippen LogP contribution in [0.1, 0.15) is 343 Å². The summed E-state index contributed by atoms with van der Waals surface area (Å²) in [5.74, 6) is 0.916. The Bertz CT molecular complexity index is 1030. The number of carbonyl (C=O) groups excluding carboxylic acids is 3. The summed E-state index contributed by atoms with van der Waals surface area (Å²) in [7, 11) is 0. The fourth-order valence-corrected chi connectivity index (χ4v) is 9.37. The molecule has 0 aliphatic carbocycles. The van der Waals surface area contributed by atoms with Crippen LogP contribution in [0.15, 0.2) is 0 Å². The Balaban J connectivity index is 4.21. The fourth-order valence-electron chi connectivity index (χ4n) is 9.37. The number of esters is 3. The molecule has 67 heavy (non-hydrogen) atoms. The van der Waals surface area contributed by atoms with E-state index in [-0.39, 0.29) is 31.1 Å². The van der Waals surface area contributed by atoms with Gasteiger partial charge >= 0.3 is 17.9 Å². The van der Waals surface area contributed by atoms with Gasteiger partial charge in [-0.25, -0.2) is 0 Å². The first-order chi connectivity index (χ1) is 32.8. The van der Waals surface area contributed by atoms with Crippen molar-refractivity contribution in [2.45, 2.75) is 349 Å². The maximum absolute atomic E-state index is 12.9. The monoisotopic (exact) mass is 947 g/mol. The Kier molecular flexibility index (Phi) is 52.5. The number of rotatable bonds is 55. The molecule has 0 rings (SSSR count). The minimum absolute atomic E-state index is 0.0623. The van der Waals surface area contributed by atoms with E-state index in [9.17, 15) is 14.4 Å². The predicted molar refractivity (Wildman–Crippen MR) is 289 cm³/mol. The third-order valence-electron chi connectivity index (χ3n) is 14.3. The van der Waals surface area contributed by atoms with Gasteiger partial charge in [0.2, 0.25) is 0 Å². The quantitative estimate of drug-likeness (QED) is 0.0343. The van der Waals surface area contributed by atoms with Gasteiger partial charge in [-0.2, -0.15) is 0 Å². The summed E-state index contributed by atoms with van der Waals surface area (Å²) in [5, 5.41) is 0. The molecule has 6 nitrogen and oxygen atoms in total. The van der Waals surface area contributed by atoms with Crippen LogP contribution in [0.5, 0.6) is 0 Å². The second kappa shape index (κ2) is 53.8. The molecular formula is C61H118O6. The minimum atomic E-state index is -0.762. The van der Waals surface area contributed by atoms with Crippen LogP contribution in [-0.2, 0) is 28.6 Å². The van der Waals surface area contributed by atoms with Crippen LogP contribution in [-0.4, -0.2) is 37.2 Å². The molecule has 0 aliphatic rings. The lowest BCUT2D eigenvalue weighted by atomic mass is 9.99. The highest BCUT2D eigenvalue weighted by atomic mass is 16.6. The van der Waals surface area contributed by atoms with Gasteiger partial charge in [0, 0.05) is 19.3 Å². The van der Waals surface area contributed by atoms with Gasteiger partial charge in [-0.15, -0.1) is 0 Å². The summed E-state index contributed by atoms with van der Waals surface area (Å²) in [5.41, 5.74) is 0. The van der Waals surface area contributed by atoms with Crippen molar-refractivity contribution in [3.05, 3.63) is 0 Å². The SMILES string of the molecule is CCCCCCCCCCCCC(=O)OC[C@@H](COC(=O)CCCCCCCCCCCCCCCCCCCCC(C)C)OC(=O)CCCCCCCCCCCCCCCCC(C)CC. The second-order valence-electron chi connectivity index (χ2n) is 21.7. The first-order valence-corrected chi connectivity index (χ1v) is 30.3. The number of hydrogen-bond donors (Lipinski definition) is 0. The standard InChI is InChI=1S/C61H118O6/c1-6-8-9-10-11-12-31-36-41-46-51-59(62)65-54-58(67-61(64)53-48-43-38-33-28-24-20-19-22-26-30-35-40-45-50-57(5)7-2)55-66-60(63)52-47-42-37-32-27-23-18-16-14-13-15-17-21-25-29-34-39-44-49-56(3)4/h56-58H,6-55H2,1-5H3/t57?,58-/m0/s1. The molecule has 6 heteroatoms. The van der Waals surface area contributed by atoms with Crippen LogP contribution in [0, 0.1) is 11.8 Å². The van der Waals surface area contributed by atoms with E-state index in [4.69, 9.17) is 14.2 Å². The van der Waals surface area contributed by atoms with Gasteiger partial charge in [-0.3, -0.25) is 14.4 Å². The zero-order chi connectivity index (χ0) is 48.9. The smallest absolute Gasteiger partial charge is 0.306 e. The summed E-state index contributed by atoms with van der Waals surface area (Å²) in [4.78, 5) is 38.1. The molecule has 0 amide bonds. The van der Waals surface area contributed by atoms with Crippen LogP contribution in [0.2, 0.25) is 0 Å². The molecule has 0 saturated carbocycles. The van der Waals surface area contributed by atoms with Gasteiger partial charge < -0.3 is 14.2 Å². The molecule has 0 aromatic carbocycles. The van der Waals surface area contributed by atoms with Gasteiger partial charge in [-0.1, -0.05) is 304 Å². The van der Waals surface area contributed by atoms with Crippen LogP contribution in [0.4, 0.5) is 0 Å². The molecule has 0 spiro atoms. The van der Waals surface area contributed by atoms with E-state index in [0.717, 1.165) is 69.6 Å². The zero-order valence-electron chi connectivity index (χ0n) is 46.0. The number of hydrogen-bond acceptors (Lipinski definition) is 6. The van der Waals surface area contributed by atoms with E-state index in [1.807, 2.05) is 0 Å². The number of unbranched alkanes of at least 4 members (excludes halogenated alkanes) is 39. The highest BCUT2D eigenvalue weighted by Gasteiger charge is 2.19. The van der Waals surface area contributed by atoms with Crippen molar-refractivity contribution in [2.24, 2.45) is 11.8 Å². The molecule has 0 heterocycles. The molecular weight excluding hydrogens is 829 g/mol. The average molecular weight is 948 g/mol. The van der Waals surface area contributed by atoms with Gasteiger partial charge in [-0.05, 0) is 31.1 Å². The molecule has 0 aromatic heterocycles. The molecule has 0 radical (unpaired) electrons. The summed E-state index contributed by atoms with van der Waals surface area (Å²) >= 11 is 0. The van der Waals surface area contributed by atoms with E-state index < -0.39 is 6.10 Å². The first-order valence-electron chi connectivity index (χ1n) is 30.3. The lowest BCUT2D eigenvalue weighted by Gasteiger charge is -2.18. The highest BCUT2D eigenvalue weighted by molar-refractivity contribution is 5.71. The van der Waals surface area contributed by atoms with Crippen LogP contribution < -0.4 is 0 Å². The average Bonchev–Trinajstić information content (AvgIpc) is 3.31. The summed E-state index contributed by atoms with van der Waals surface area (Å²) in [6, 6.07) is 0. The van der Waals surface area contributed by atoms with Crippen molar-refractivity contribution >= 4 is 17.9 Å². The van der Waals surface area contributed by atoms with Crippen molar-refractivity contribution in [3.8, 4) is 0 Å². The van der Waals surface area contributed by atoms with E-state index in [0.29, 0.717) is 19.3 Å². The topological polar surface area (TPSA) is 78.9 Å². The van der Waals surface area contributed by atoms with E-state index in [1.165, 1.54) is 231 Å². The van der Waals surface area contributed by atoms with Crippen molar-refractivity contribution < 1.29 is 28.6 Å². The van der Waals surface area contributed by atoms with Crippen LogP contribution in [0.25, 0.3) is 0 Å². The molecule has 0 N–H and O–H groups in total. The molecule has 0 bridgehead atoms. The fraction of sp³-hybridized carbons (Fsp3) is 0.951. The maximum atomic E-state index is 12.9. The van der Waals surface area contributed by atoms with Crippen molar-refractivity contribution in [2.75, 3.05) is 13.2 Å². The third kappa shape index (κ3) is 53.6. The number of ether oxygens (including phenoxy) is 3. The zero-order valence-corrected chi connectivity index (χ0v) is 46.0. The summed E-state index contributed by atoms with van der Waals surface area (Å²) < 4.78 is 16.9. The summed E-state index contributed by atoms with van der Waals surface area (Å²) in [6.45, 7) is 11.5. The Labute approximate surface area is 418 Å². The Morgan fingerprint density at radius 1 is 0.313 bits per heavy atom. The van der Waals surface area contributed by atoms with Gasteiger partial charge in [0.05, 0.1) is 0 Å². The molecule has 1 unspecified atom stereocenters. The van der Waals surface area contributed by atoms with E-state index >= 15 is 0 Å². The molecule has 0 aliphatic heterocycles. The van der Waals surface area contributed by atoms with Crippen molar-refractivity contribution in [1.82, 2.24) is 0 Å². The first kappa shape index (κ1) is 65.4. The van der Waals surface area contributed by atoms with Gasteiger partial charge in [0.1, 0.15) is 13.2 Å². The van der Waals surface area contributed by atoms with E-state index in [2.05, 4.69) is 34.6 Å². The minimum Gasteiger partial charge on any atom is -0.462 e. The van der Waals surface area contributed by atoms with Gasteiger partial charge in [0.25, 0.3) is 0 Å². The Hall–Kier alpha value is -1.59. The van der Waals surface area contributed by atoms with Crippen LogP contribution >= 0.6 is 0 Å². The predicted octanol–water partition coefficient (Wildman–Crippen LogP) is 20.0. The third-order valence-corrected chi connectivity index (χ3v) is 14.3. The highest BCUT2D eigenvalue weighted by Crippen LogP contribution is 2.19.